The number of hydrogen-bond acceptors (Lipinski definition) is 2. The molecule has 0 atom stereocenters. The third-order valence-corrected chi connectivity index (χ3v) is 4.26. The minimum Gasteiger partial charge on any atom is -0.867 e. The Morgan fingerprint density at radius 3 is 2.27 bits per heavy atom. The van der Waals surface area contributed by atoms with Crippen LogP contribution >= 0.6 is 23.8 Å². The van der Waals surface area contributed by atoms with Gasteiger partial charge < -0.3 is 10.4 Å². The Labute approximate surface area is 161 Å². The molecule has 2 aromatic carbocycles. The second kappa shape index (κ2) is 8.08. The summed E-state index contributed by atoms with van der Waals surface area (Å²) in [5.74, 6) is -0.738. The van der Waals surface area contributed by atoms with Crippen molar-refractivity contribution >= 4 is 46.0 Å². The third-order valence-electron chi connectivity index (χ3n) is 3.63. The van der Waals surface area contributed by atoms with Crippen molar-refractivity contribution in [3.05, 3.63) is 95.5 Å². The fourth-order valence-corrected chi connectivity index (χ4v) is 2.86. The van der Waals surface area contributed by atoms with Crippen molar-refractivity contribution in [2.24, 2.45) is 0 Å². The number of pyridine rings is 1. The summed E-state index contributed by atoms with van der Waals surface area (Å²) >= 11 is 11.6. The number of nitrogens with one attached hydrogen (secondary N) is 1. The van der Waals surface area contributed by atoms with E-state index in [1.807, 2.05) is 12.1 Å². The van der Waals surface area contributed by atoms with Gasteiger partial charge in [0.25, 0.3) is 0 Å². The molecule has 0 bridgehead atoms. The largest absolute Gasteiger partial charge is 0.867 e. The first-order valence-electron chi connectivity index (χ1n) is 7.76. The Hall–Kier alpha value is -2.76. The summed E-state index contributed by atoms with van der Waals surface area (Å²) in [4.78, 5) is 0.212. The average Bonchev–Trinajstić information content (AvgIpc) is 2.65. The number of para-hydroxylation sites is 1. The van der Waals surface area contributed by atoms with E-state index in [1.165, 1.54) is 24.3 Å². The van der Waals surface area contributed by atoms with Crippen LogP contribution in [0.2, 0.25) is 5.02 Å². The molecule has 3 nitrogen and oxygen atoms in total. The van der Waals surface area contributed by atoms with Gasteiger partial charge in [-0.2, -0.15) is 4.57 Å². The lowest BCUT2D eigenvalue weighted by atomic mass is 10.1. The van der Waals surface area contributed by atoms with E-state index in [0.29, 0.717) is 16.3 Å². The highest BCUT2D eigenvalue weighted by atomic mass is 35.5. The highest BCUT2D eigenvalue weighted by molar-refractivity contribution is 7.81. The molecule has 1 N–H and O–H groups in total. The van der Waals surface area contributed by atoms with Crippen LogP contribution in [0.3, 0.4) is 0 Å². The van der Waals surface area contributed by atoms with E-state index in [4.69, 9.17) is 23.8 Å². The van der Waals surface area contributed by atoms with Crippen molar-refractivity contribution in [3.63, 3.8) is 0 Å². The molecule has 3 rings (SSSR count). The van der Waals surface area contributed by atoms with Crippen LogP contribution in [0.4, 0.5) is 10.1 Å². The molecular weight excluding hydrogens is 371 g/mol. The smallest absolute Gasteiger partial charge is 0.238 e. The van der Waals surface area contributed by atoms with Crippen molar-refractivity contribution in [2.75, 3.05) is 5.32 Å². The van der Waals surface area contributed by atoms with Crippen LogP contribution in [-0.4, -0.2) is 4.99 Å². The maximum atomic E-state index is 13.2. The van der Waals surface area contributed by atoms with Gasteiger partial charge >= 0.3 is 0 Å². The summed E-state index contributed by atoms with van der Waals surface area (Å²) in [6, 6.07) is 17.9. The number of hydrogen-bond donors (Lipinski definition) is 1. The van der Waals surface area contributed by atoms with Crippen LogP contribution in [0.25, 0.3) is 11.5 Å². The molecule has 0 amide bonds. The molecule has 0 saturated heterocycles. The molecule has 1 heterocycles. The van der Waals surface area contributed by atoms with Crippen LogP contribution in [0.1, 0.15) is 5.56 Å². The predicted octanol–water partition coefficient (Wildman–Crippen LogP) is 3.89. The van der Waals surface area contributed by atoms with E-state index in [0.717, 1.165) is 0 Å². The van der Waals surface area contributed by atoms with Crippen molar-refractivity contribution in [2.45, 2.75) is 0 Å². The molecular formula is C20H14ClFN2OS. The van der Waals surface area contributed by atoms with E-state index in [-0.39, 0.29) is 16.4 Å². The molecule has 0 radical (unpaired) electrons. The van der Waals surface area contributed by atoms with Crippen molar-refractivity contribution < 1.29 is 14.1 Å². The summed E-state index contributed by atoms with van der Waals surface area (Å²) in [6.45, 7) is 0. The lowest BCUT2D eigenvalue weighted by Gasteiger charge is -2.17. The Kier molecular flexibility index (Phi) is 5.61. The Morgan fingerprint density at radius 1 is 0.962 bits per heavy atom. The lowest BCUT2D eigenvalue weighted by molar-refractivity contribution is -0.577. The molecule has 0 saturated carbocycles. The van der Waals surface area contributed by atoms with Crippen LogP contribution < -0.4 is 15.0 Å². The van der Waals surface area contributed by atoms with Gasteiger partial charge in [0.2, 0.25) is 5.70 Å². The zero-order valence-electron chi connectivity index (χ0n) is 13.5. The van der Waals surface area contributed by atoms with Crippen LogP contribution in [0.5, 0.6) is 0 Å². The van der Waals surface area contributed by atoms with Gasteiger partial charge in [0, 0.05) is 12.1 Å². The summed E-state index contributed by atoms with van der Waals surface area (Å²) < 4.78 is 14.8. The van der Waals surface area contributed by atoms with Gasteiger partial charge in [0.05, 0.1) is 10.7 Å². The normalized spacial score (nSPS) is 11.6. The fraction of sp³-hybridized carbons (Fsp3) is 0. The second-order valence-corrected chi connectivity index (χ2v) is 6.22. The Balaban J connectivity index is 2.06. The van der Waals surface area contributed by atoms with Crippen LogP contribution in [-0.2, 0) is 0 Å². The van der Waals surface area contributed by atoms with Gasteiger partial charge in [-0.05, 0) is 35.6 Å². The molecule has 0 fully saturated rings. The number of benzene rings is 2. The SMILES string of the molecule is [O-]C(=C(C(=S)Nc1ccccc1Cl)[n+]1ccccc1)c1ccc(F)cc1. The number of nitrogens with zero attached hydrogens (tertiary/aromatic N) is 1. The predicted molar refractivity (Wildman–Crippen MR) is 104 cm³/mol. The molecule has 0 aliphatic rings. The molecule has 130 valence electrons. The summed E-state index contributed by atoms with van der Waals surface area (Å²) in [7, 11) is 0. The van der Waals surface area contributed by atoms with E-state index in [9.17, 15) is 9.50 Å². The minimum atomic E-state index is -0.410. The lowest BCUT2D eigenvalue weighted by Crippen LogP contribution is -2.39. The zero-order valence-corrected chi connectivity index (χ0v) is 15.1. The first-order chi connectivity index (χ1) is 12.6. The van der Waals surface area contributed by atoms with E-state index in [1.54, 1.807) is 47.3 Å². The zero-order chi connectivity index (χ0) is 18.5. The van der Waals surface area contributed by atoms with Gasteiger partial charge in [-0.3, -0.25) is 0 Å². The molecule has 0 aliphatic carbocycles. The van der Waals surface area contributed by atoms with Crippen molar-refractivity contribution in [1.29, 1.82) is 0 Å². The number of rotatable bonds is 4. The van der Waals surface area contributed by atoms with E-state index in [2.05, 4.69) is 5.32 Å². The minimum absolute atomic E-state index is 0.212. The molecule has 0 spiro atoms. The van der Waals surface area contributed by atoms with Gasteiger partial charge in [-0.25, -0.2) is 4.39 Å². The monoisotopic (exact) mass is 384 g/mol. The van der Waals surface area contributed by atoms with Crippen molar-refractivity contribution in [3.8, 4) is 0 Å². The highest BCUT2D eigenvalue weighted by Gasteiger charge is 2.19. The number of halogens is 2. The van der Waals surface area contributed by atoms with Gasteiger partial charge in [0.1, 0.15) is 5.82 Å². The van der Waals surface area contributed by atoms with E-state index < -0.39 is 5.82 Å². The molecule has 26 heavy (non-hydrogen) atoms. The van der Waals surface area contributed by atoms with Crippen LogP contribution in [0.15, 0.2) is 79.1 Å². The van der Waals surface area contributed by atoms with Gasteiger partial charge in [-0.15, -0.1) is 0 Å². The quantitative estimate of drug-likeness (QED) is 0.321. The maximum Gasteiger partial charge on any atom is 0.238 e. The van der Waals surface area contributed by atoms with Crippen LogP contribution in [0, 0.1) is 5.82 Å². The molecule has 6 heteroatoms. The molecule has 3 aromatic rings. The first kappa shape index (κ1) is 18.0. The van der Waals surface area contributed by atoms with Gasteiger partial charge in [0.15, 0.2) is 17.4 Å². The maximum absolute atomic E-state index is 13.2. The number of thiocarbonyl (C=S) groups is 1. The molecule has 0 aliphatic heterocycles. The summed E-state index contributed by atoms with van der Waals surface area (Å²) in [5.41, 5.74) is 1.17. The first-order valence-corrected chi connectivity index (χ1v) is 8.54. The van der Waals surface area contributed by atoms with E-state index >= 15 is 0 Å². The number of aromatic nitrogens is 1. The summed E-state index contributed by atoms with van der Waals surface area (Å²) in [5, 5.41) is 16.5. The second-order valence-electron chi connectivity index (χ2n) is 5.40. The highest BCUT2D eigenvalue weighted by Crippen LogP contribution is 2.23. The number of anilines is 1. The Morgan fingerprint density at radius 2 is 1.62 bits per heavy atom. The third kappa shape index (κ3) is 4.07. The summed E-state index contributed by atoms with van der Waals surface area (Å²) in [6.07, 6.45) is 3.44. The molecule has 1 aromatic heterocycles. The van der Waals surface area contributed by atoms with Crippen molar-refractivity contribution in [1.82, 2.24) is 0 Å². The standard InChI is InChI=1S/C20H14ClFN2OS/c21-16-6-2-3-7-17(16)23-20(26)18(24-12-4-1-5-13-24)19(25)14-8-10-15(22)11-9-14/h1-13H,(H-,23,25,26). The molecule has 0 unspecified atom stereocenters. The topological polar surface area (TPSA) is 39.0 Å². The fourth-order valence-electron chi connectivity index (χ4n) is 2.37. The van der Waals surface area contributed by atoms with Gasteiger partial charge in [-0.1, -0.05) is 54.2 Å². The average molecular weight is 385 g/mol. The Bertz CT molecular complexity index is 959.